The fourth-order valence-corrected chi connectivity index (χ4v) is 0.389. The molecule has 1 rings (SSSR count). The van der Waals surface area contributed by atoms with Gasteiger partial charge in [0.05, 0.1) is 0 Å². The van der Waals surface area contributed by atoms with Gasteiger partial charge in [0.25, 0.3) is 0 Å². The topological polar surface area (TPSA) is 40.1 Å². The molecular formula is C6H5O2-. The molecule has 42 valence electrons. The molecule has 1 saturated carbocycles. The van der Waals surface area contributed by atoms with Crippen LogP contribution in [0.3, 0.4) is 0 Å². The Morgan fingerprint density at radius 1 is 1.62 bits per heavy atom. The predicted molar refractivity (Wildman–Crippen MR) is 25.5 cm³/mol. The van der Waals surface area contributed by atoms with Gasteiger partial charge in [-0.1, -0.05) is 5.92 Å². The number of hydrogen-bond donors (Lipinski definition) is 0. The predicted octanol–water partition coefficient (Wildman–Crippen LogP) is -0.850. The first kappa shape index (κ1) is 5.17. The maximum absolute atomic E-state index is 9.65. The molecule has 0 unspecified atom stereocenters. The van der Waals surface area contributed by atoms with E-state index < -0.39 is 5.97 Å². The zero-order valence-corrected chi connectivity index (χ0v) is 4.31. The molecule has 0 saturated heterocycles. The van der Waals surface area contributed by atoms with E-state index in [-0.39, 0.29) is 0 Å². The summed E-state index contributed by atoms with van der Waals surface area (Å²) in [6, 6.07) is 0. The Kier molecular flexibility index (Phi) is 1.21. The summed E-state index contributed by atoms with van der Waals surface area (Å²) in [5, 5.41) is 9.65. The summed E-state index contributed by atoms with van der Waals surface area (Å²) in [5.74, 6) is 3.59. The molecule has 0 bridgehead atoms. The maximum Gasteiger partial charge on any atom is 0.116 e. The minimum atomic E-state index is -1.27. The van der Waals surface area contributed by atoms with Gasteiger partial charge >= 0.3 is 0 Å². The van der Waals surface area contributed by atoms with Gasteiger partial charge in [0.1, 0.15) is 5.97 Å². The SMILES string of the molecule is O=C([O-])C#CC1CC1. The first-order valence-electron chi connectivity index (χ1n) is 2.51. The summed E-state index contributed by atoms with van der Waals surface area (Å²) in [6.45, 7) is 0. The second-order valence-electron chi connectivity index (χ2n) is 1.83. The van der Waals surface area contributed by atoms with E-state index in [1.165, 1.54) is 0 Å². The highest BCUT2D eigenvalue weighted by molar-refractivity contribution is 5.84. The first-order valence-corrected chi connectivity index (χ1v) is 2.51. The highest BCUT2D eigenvalue weighted by Crippen LogP contribution is 2.27. The zero-order valence-electron chi connectivity index (χ0n) is 4.31. The standard InChI is InChI=1S/C6H6O2/c7-6(8)4-3-5-1-2-5/h5H,1-2H2,(H,7,8)/p-1. The molecule has 0 radical (unpaired) electrons. The van der Waals surface area contributed by atoms with Crippen molar-refractivity contribution >= 4 is 5.97 Å². The highest BCUT2D eigenvalue weighted by Gasteiger charge is 2.17. The Balaban J connectivity index is 2.34. The molecule has 2 nitrogen and oxygen atoms in total. The number of carbonyl (C=O) groups is 1. The van der Waals surface area contributed by atoms with Crippen LogP contribution in [0.25, 0.3) is 0 Å². The Morgan fingerprint density at radius 2 is 2.25 bits per heavy atom. The van der Waals surface area contributed by atoms with Crippen molar-refractivity contribution in [1.82, 2.24) is 0 Å². The van der Waals surface area contributed by atoms with Crippen molar-refractivity contribution in [3.05, 3.63) is 0 Å². The van der Waals surface area contributed by atoms with E-state index in [1.54, 1.807) is 0 Å². The summed E-state index contributed by atoms with van der Waals surface area (Å²) < 4.78 is 0. The highest BCUT2D eigenvalue weighted by atomic mass is 16.4. The van der Waals surface area contributed by atoms with Crippen LogP contribution in [0.4, 0.5) is 0 Å². The van der Waals surface area contributed by atoms with Gasteiger partial charge in [0.15, 0.2) is 0 Å². The number of aliphatic carboxylic acids is 1. The molecule has 0 aromatic carbocycles. The third-order valence-corrected chi connectivity index (χ3v) is 0.956. The average Bonchev–Trinajstić information content (AvgIpc) is 2.41. The number of hydrogen-bond acceptors (Lipinski definition) is 2. The number of rotatable bonds is 0. The fraction of sp³-hybridized carbons (Fsp3) is 0.500. The van der Waals surface area contributed by atoms with Crippen LogP contribution in [-0.4, -0.2) is 5.97 Å². The lowest BCUT2D eigenvalue weighted by molar-refractivity contribution is -0.295. The number of carboxylic acid groups (broad SMARTS) is 1. The normalized spacial score (nSPS) is 16.5. The summed E-state index contributed by atoms with van der Waals surface area (Å²) in [6.07, 6.45) is 2.11. The third kappa shape index (κ3) is 1.65. The molecule has 0 heterocycles. The van der Waals surface area contributed by atoms with Crippen molar-refractivity contribution in [2.45, 2.75) is 12.8 Å². The zero-order chi connectivity index (χ0) is 5.98. The van der Waals surface area contributed by atoms with Gasteiger partial charge in [-0.3, -0.25) is 0 Å². The minimum absolute atomic E-state index is 0.355. The second-order valence-corrected chi connectivity index (χ2v) is 1.83. The molecule has 1 aliphatic carbocycles. The summed E-state index contributed by atoms with van der Waals surface area (Å²) >= 11 is 0. The van der Waals surface area contributed by atoms with E-state index in [0.717, 1.165) is 12.8 Å². The van der Waals surface area contributed by atoms with Crippen LogP contribution in [0, 0.1) is 17.8 Å². The smallest absolute Gasteiger partial charge is 0.116 e. The average molecular weight is 109 g/mol. The van der Waals surface area contributed by atoms with E-state index in [4.69, 9.17) is 0 Å². The van der Waals surface area contributed by atoms with Crippen molar-refractivity contribution in [2.75, 3.05) is 0 Å². The van der Waals surface area contributed by atoms with Crippen LogP contribution in [0.1, 0.15) is 12.8 Å². The molecule has 0 aliphatic heterocycles. The molecule has 0 spiro atoms. The minimum Gasteiger partial charge on any atom is -0.537 e. The molecule has 0 atom stereocenters. The molecule has 0 amide bonds. The Labute approximate surface area is 47.5 Å². The second kappa shape index (κ2) is 1.87. The lowest BCUT2D eigenvalue weighted by Gasteiger charge is -1.81. The summed E-state index contributed by atoms with van der Waals surface area (Å²) in [4.78, 5) is 9.65. The Morgan fingerprint density at radius 3 is 2.62 bits per heavy atom. The number of carbonyl (C=O) groups excluding carboxylic acids is 1. The van der Waals surface area contributed by atoms with Gasteiger partial charge in [0, 0.05) is 5.92 Å². The van der Waals surface area contributed by atoms with Gasteiger partial charge in [-0.2, -0.15) is 0 Å². The van der Waals surface area contributed by atoms with Crippen LogP contribution in [-0.2, 0) is 4.79 Å². The van der Waals surface area contributed by atoms with Crippen molar-refractivity contribution in [3.63, 3.8) is 0 Å². The summed E-state index contributed by atoms with van der Waals surface area (Å²) in [7, 11) is 0. The van der Waals surface area contributed by atoms with Crippen molar-refractivity contribution in [2.24, 2.45) is 5.92 Å². The maximum atomic E-state index is 9.65. The lowest BCUT2D eigenvalue weighted by Crippen LogP contribution is -2.19. The van der Waals surface area contributed by atoms with Gasteiger partial charge in [-0.15, -0.1) is 0 Å². The third-order valence-electron chi connectivity index (χ3n) is 0.956. The molecule has 1 aliphatic rings. The van der Waals surface area contributed by atoms with Crippen molar-refractivity contribution in [1.29, 1.82) is 0 Å². The number of carboxylic acids is 1. The molecule has 0 N–H and O–H groups in total. The molecule has 2 heteroatoms. The van der Waals surface area contributed by atoms with Crippen LogP contribution in [0.2, 0.25) is 0 Å². The molecular weight excluding hydrogens is 104 g/mol. The molecule has 8 heavy (non-hydrogen) atoms. The molecule has 0 aromatic heterocycles. The van der Waals surface area contributed by atoms with E-state index in [2.05, 4.69) is 5.92 Å². The first-order chi connectivity index (χ1) is 3.79. The van der Waals surface area contributed by atoms with E-state index in [9.17, 15) is 9.90 Å². The van der Waals surface area contributed by atoms with Crippen LogP contribution >= 0.6 is 0 Å². The van der Waals surface area contributed by atoms with E-state index >= 15 is 0 Å². The fourth-order valence-electron chi connectivity index (χ4n) is 0.389. The van der Waals surface area contributed by atoms with Gasteiger partial charge in [-0.05, 0) is 18.8 Å². The largest absolute Gasteiger partial charge is 0.537 e. The lowest BCUT2D eigenvalue weighted by atomic mass is 10.4. The molecule has 1 fully saturated rings. The van der Waals surface area contributed by atoms with E-state index in [1.807, 2.05) is 5.92 Å². The quantitative estimate of drug-likeness (QED) is 0.380. The molecule has 0 aromatic rings. The van der Waals surface area contributed by atoms with Crippen LogP contribution < -0.4 is 5.11 Å². The van der Waals surface area contributed by atoms with Crippen molar-refractivity contribution in [3.8, 4) is 11.8 Å². The van der Waals surface area contributed by atoms with Gasteiger partial charge in [0.2, 0.25) is 0 Å². The van der Waals surface area contributed by atoms with Gasteiger partial charge in [-0.25, -0.2) is 0 Å². The van der Waals surface area contributed by atoms with Crippen LogP contribution in [0.15, 0.2) is 0 Å². The monoisotopic (exact) mass is 109 g/mol. The van der Waals surface area contributed by atoms with Crippen LogP contribution in [0.5, 0.6) is 0 Å². The van der Waals surface area contributed by atoms with E-state index in [0.29, 0.717) is 5.92 Å². The summed E-state index contributed by atoms with van der Waals surface area (Å²) in [5.41, 5.74) is 0. The Hall–Kier alpha value is -0.970. The van der Waals surface area contributed by atoms with Crippen molar-refractivity contribution < 1.29 is 9.90 Å². The van der Waals surface area contributed by atoms with Gasteiger partial charge < -0.3 is 9.90 Å². The Bertz CT molecular complexity index is 157.